The Bertz CT molecular complexity index is 1210. The summed E-state index contributed by atoms with van der Waals surface area (Å²) < 4.78 is 13.0. The fourth-order valence-electron chi connectivity index (χ4n) is 6.86. The predicted molar refractivity (Wildman–Crippen MR) is 145 cm³/mol. The first-order valence-electron chi connectivity index (χ1n) is 13.5. The van der Waals surface area contributed by atoms with Gasteiger partial charge in [0.1, 0.15) is 17.1 Å². The van der Waals surface area contributed by atoms with Crippen LogP contribution < -0.4 is 14.8 Å². The highest BCUT2D eigenvalue weighted by Gasteiger charge is 2.41. The SMILES string of the molecule is COc1cc(OC)c(-c2cn3ccc(N[C@@H]4C[C@H]5CC[C@@H](C4)N5CC4CCCCC4)cc3n2)cc1Cl. The normalized spacial score (nSPS) is 24.8. The van der Waals surface area contributed by atoms with Gasteiger partial charge in [0.25, 0.3) is 0 Å². The number of pyridine rings is 1. The van der Waals surface area contributed by atoms with Gasteiger partial charge in [-0.15, -0.1) is 0 Å². The monoisotopic (exact) mass is 508 g/mol. The standard InChI is InChI=1S/C29H37ClN4O2/c1-35-27-16-28(36-2)25(30)15-24(27)26-18-33-11-10-20(14-29(33)32-26)31-21-12-22-8-9-23(13-21)34(22)17-19-6-4-3-5-7-19/h10-11,14-16,18-19,21-23,31H,3-9,12-13,17H2,1-2H3/t21-,22-,23+. The van der Waals surface area contributed by atoms with Crippen LogP contribution in [0.4, 0.5) is 5.69 Å². The summed E-state index contributed by atoms with van der Waals surface area (Å²) in [4.78, 5) is 7.78. The first-order chi connectivity index (χ1) is 17.6. The van der Waals surface area contributed by atoms with Gasteiger partial charge in [0.15, 0.2) is 0 Å². The molecule has 3 aliphatic rings. The molecule has 7 heteroatoms. The van der Waals surface area contributed by atoms with Crippen molar-refractivity contribution in [2.24, 2.45) is 5.92 Å². The van der Waals surface area contributed by atoms with Crippen molar-refractivity contribution >= 4 is 22.9 Å². The molecule has 0 amide bonds. The molecule has 4 heterocycles. The van der Waals surface area contributed by atoms with E-state index in [1.807, 2.05) is 18.3 Å². The van der Waals surface area contributed by atoms with Gasteiger partial charge < -0.3 is 19.2 Å². The van der Waals surface area contributed by atoms with Crippen LogP contribution in [0.1, 0.15) is 57.8 Å². The topological polar surface area (TPSA) is 51.0 Å². The van der Waals surface area contributed by atoms with E-state index in [1.165, 1.54) is 64.3 Å². The van der Waals surface area contributed by atoms with Crippen LogP contribution in [0.5, 0.6) is 11.5 Å². The maximum Gasteiger partial charge on any atom is 0.141 e. The van der Waals surface area contributed by atoms with Crippen molar-refractivity contribution in [2.75, 3.05) is 26.1 Å². The van der Waals surface area contributed by atoms with Gasteiger partial charge in [-0.3, -0.25) is 4.90 Å². The summed E-state index contributed by atoms with van der Waals surface area (Å²) in [5.74, 6) is 2.21. The number of anilines is 1. The molecule has 2 aliphatic heterocycles. The first kappa shape index (κ1) is 23.9. The third-order valence-corrected chi connectivity index (χ3v) is 8.95. The lowest BCUT2D eigenvalue weighted by atomic mass is 9.87. The van der Waals surface area contributed by atoms with Crippen LogP contribution in [0.2, 0.25) is 5.02 Å². The molecule has 2 aromatic heterocycles. The number of fused-ring (bicyclic) bond motifs is 3. The highest BCUT2D eigenvalue weighted by molar-refractivity contribution is 6.32. The average molecular weight is 509 g/mol. The molecular weight excluding hydrogens is 472 g/mol. The van der Waals surface area contributed by atoms with E-state index in [4.69, 9.17) is 26.1 Å². The summed E-state index contributed by atoms with van der Waals surface area (Å²) >= 11 is 6.41. The minimum Gasteiger partial charge on any atom is -0.496 e. The highest BCUT2D eigenvalue weighted by atomic mass is 35.5. The number of rotatable bonds is 7. The molecule has 1 aliphatic carbocycles. The Morgan fingerprint density at radius 3 is 2.44 bits per heavy atom. The van der Waals surface area contributed by atoms with Crippen molar-refractivity contribution in [3.05, 3.63) is 41.7 Å². The van der Waals surface area contributed by atoms with Gasteiger partial charge in [-0.05, 0) is 56.6 Å². The van der Waals surface area contributed by atoms with E-state index in [1.54, 1.807) is 14.2 Å². The van der Waals surface area contributed by atoms with Crippen LogP contribution >= 0.6 is 11.6 Å². The van der Waals surface area contributed by atoms with Gasteiger partial charge in [-0.1, -0.05) is 30.9 Å². The number of nitrogens with zero attached hydrogens (tertiary/aromatic N) is 3. The predicted octanol–water partition coefficient (Wildman–Crippen LogP) is 6.66. The smallest absolute Gasteiger partial charge is 0.141 e. The van der Waals surface area contributed by atoms with Crippen LogP contribution in [0, 0.1) is 5.92 Å². The number of nitrogens with one attached hydrogen (secondary N) is 1. The van der Waals surface area contributed by atoms with Gasteiger partial charge in [0, 0.05) is 60.4 Å². The van der Waals surface area contributed by atoms with Crippen molar-refractivity contribution in [2.45, 2.75) is 75.9 Å². The molecule has 192 valence electrons. The van der Waals surface area contributed by atoms with Gasteiger partial charge in [-0.2, -0.15) is 0 Å². The fraction of sp³-hybridized carbons (Fsp3) is 0.552. The maximum absolute atomic E-state index is 6.41. The van der Waals surface area contributed by atoms with Crippen LogP contribution in [0.15, 0.2) is 36.7 Å². The van der Waals surface area contributed by atoms with E-state index in [-0.39, 0.29) is 0 Å². The maximum atomic E-state index is 6.41. The lowest BCUT2D eigenvalue weighted by Crippen LogP contribution is -2.48. The molecule has 0 unspecified atom stereocenters. The molecule has 1 aromatic carbocycles. The molecule has 3 aromatic rings. The Balaban J connectivity index is 1.16. The molecule has 0 spiro atoms. The minimum absolute atomic E-state index is 0.530. The fourth-order valence-corrected chi connectivity index (χ4v) is 7.10. The second kappa shape index (κ2) is 10.1. The number of benzene rings is 1. The van der Waals surface area contributed by atoms with E-state index in [0.29, 0.717) is 22.6 Å². The third-order valence-electron chi connectivity index (χ3n) is 8.66. The van der Waals surface area contributed by atoms with Crippen molar-refractivity contribution in [3.8, 4) is 22.8 Å². The molecule has 6 rings (SSSR count). The van der Waals surface area contributed by atoms with Gasteiger partial charge in [0.05, 0.1) is 24.9 Å². The van der Waals surface area contributed by atoms with Gasteiger partial charge in [-0.25, -0.2) is 4.98 Å². The Morgan fingerprint density at radius 2 is 1.72 bits per heavy atom. The molecule has 2 bridgehead atoms. The molecular formula is C29H37ClN4O2. The number of ether oxygens (including phenoxy) is 2. The second-order valence-electron chi connectivity index (χ2n) is 10.9. The minimum atomic E-state index is 0.530. The molecule has 36 heavy (non-hydrogen) atoms. The molecule has 1 N–H and O–H groups in total. The summed E-state index contributed by atoms with van der Waals surface area (Å²) in [6, 6.07) is 10.0. The molecule has 3 fully saturated rings. The summed E-state index contributed by atoms with van der Waals surface area (Å²) in [6.45, 7) is 1.34. The molecule has 0 radical (unpaired) electrons. The third kappa shape index (κ3) is 4.66. The van der Waals surface area contributed by atoms with Crippen LogP contribution in [-0.2, 0) is 0 Å². The number of hydrogen-bond donors (Lipinski definition) is 1. The van der Waals surface area contributed by atoms with Crippen LogP contribution in [0.25, 0.3) is 16.9 Å². The summed E-state index contributed by atoms with van der Waals surface area (Å²) in [5, 5.41) is 4.39. The lowest BCUT2D eigenvalue weighted by molar-refractivity contribution is 0.100. The van der Waals surface area contributed by atoms with E-state index < -0.39 is 0 Å². The zero-order valence-corrected chi connectivity index (χ0v) is 22.1. The number of hydrogen-bond acceptors (Lipinski definition) is 5. The average Bonchev–Trinajstić information content (AvgIpc) is 3.41. The lowest BCUT2D eigenvalue weighted by Gasteiger charge is -2.41. The van der Waals surface area contributed by atoms with E-state index in [2.05, 4.69) is 32.9 Å². The summed E-state index contributed by atoms with van der Waals surface area (Å²) in [6.07, 6.45) is 16.5. The number of aromatic nitrogens is 2. The molecule has 6 nitrogen and oxygen atoms in total. The highest BCUT2D eigenvalue weighted by Crippen LogP contribution is 2.40. The van der Waals surface area contributed by atoms with Gasteiger partial charge in [0.2, 0.25) is 0 Å². The Labute approximate surface area is 218 Å². The number of piperidine rings is 1. The Morgan fingerprint density at radius 1 is 0.972 bits per heavy atom. The Hall–Kier alpha value is -2.44. The molecule has 2 saturated heterocycles. The van der Waals surface area contributed by atoms with Crippen molar-refractivity contribution in [1.29, 1.82) is 0 Å². The van der Waals surface area contributed by atoms with E-state index in [0.717, 1.165) is 40.6 Å². The number of halogens is 1. The molecule has 1 saturated carbocycles. The van der Waals surface area contributed by atoms with Crippen molar-refractivity contribution < 1.29 is 9.47 Å². The largest absolute Gasteiger partial charge is 0.496 e. The van der Waals surface area contributed by atoms with E-state index >= 15 is 0 Å². The zero-order chi connectivity index (χ0) is 24.6. The quantitative estimate of drug-likeness (QED) is 0.386. The van der Waals surface area contributed by atoms with Crippen LogP contribution in [-0.4, -0.2) is 53.2 Å². The number of imidazole rings is 1. The van der Waals surface area contributed by atoms with Crippen LogP contribution in [0.3, 0.4) is 0 Å². The molecule has 3 atom stereocenters. The zero-order valence-electron chi connectivity index (χ0n) is 21.4. The first-order valence-corrected chi connectivity index (χ1v) is 13.9. The van der Waals surface area contributed by atoms with E-state index in [9.17, 15) is 0 Å². The van der Waals surface area contributed by atoms with Crippen molar-refractivity contribution in [1.82, 2.24) is 14.3 Å². The summed E-state index contributed by atoms with van der Waals surface area (Å²) in [5.41, 5.74) is 3.72. The van der Waals surface area contributed by atoms with Crippen molar-refractivity contribution in [3.63, 3.8) is 0 Å². The van der Waals surface area contributed by atoms with Gasteiger partial charge >= 0.3 is 0 Å². The number of methoxy groups -OCH3 is 2. The summed E-state index contributed by atoms with van der Waals surface area (Å²) in [7, 11) is 3.25. The Kier molecular flexibility index (Phi) is 6.74. The second-order valence-corrected chi connectivity index (χ2v) is 11.3.